The summed E-state index contributed by atoms with van der Waals surface area (Å²) in [4.78, 5) is 2.12. The zero-order chi connectivity index (χ0) is 13.0. The molecule has 0 atom stereocenters. The normalized spacial score (nSPS) is 10.9. The molecular formula is C13H16BrN3O. The fourth-order valence-corrected chi connectivity index (χ4v) is 1.94. The van der Waals surface area contributed by atoms with Gasteiger partial charge < -0.3 is 9.64 Å². The van der Waals surface area contributed by atoms with E-state index < -0.39 is 0 Å². The van der Waals surface area contributed by atoms with Gasteiger partial charge in [0.1, 0.15) is 10.4 Å². The predicted octanol–water partition coefficient (Wildman–Crippen LogP) is 3.00. The quantitative estimate of drug-likeness (QED) is 0.850. The molecule has 0 aliphatic heterocycles. The van der Waals surface area contributed by atoms with E-state index >= 15 is 0 Å². The fourth-order valence-electron chi connectivity index (χ4n) is 1.49. The highest BCUT2D eigenvalue weighted by atomic mass is 79.9. The summed E-state index contributed by atoms with van der Waals surface area (Å²) in [6, 6.07) is 9.69. The Kier molecular flexibility index (Phi) is 4.38. The molecule has 1 aromatic carbocycles. The van der Waals surface area contributed by atoms with Gasteiger partial charge >= 0.3 is 0 Å². The maximum absolute atomic E-state index is 5.75. The summed E-state index contributed by atoms with van der Waals surface area (Å²) in [6.07, 6.45) is 1.73. The molecule has 0 unspecified atom stereocenters. The monoisotopic (exact) mass is 309 g/mol. The molecule has 0 bridgehead atoms. The van der Waals surface area contributed by atoms with Crippen molar-refractivity contribution in [1.29, 1.82) is 0 Å². The molecule has 0 saturated heterocycles. The number of benzene rings is 1. The second-order valence-corrected chi connectivity index (χ2v) is 4.99. The molecule has 1 aromatic heterocycles. The van der Waals surface area contributed by atoms with Gasteiger partial charge in [-0.05, 0) is 42.2 Å². The molecule has 0 radical (unpaired) electrons. The Morgan fingerprint density at radius 2 is 2.00 bits per heavy atom. The van der Waals surface area contributed by atoms with Gasteiger partial charge in [0, 0.05) is 6.54 Å². The van der Waals surface area contributed by atoms with Gasteiger partial charge in [-0.1, -0.05) is 18.2 Å². The van der Waals surface area contributed by atoms with Gasteiger partial charge in [0.25, 0.3) is 0 Å². The first-order chi connectivity index (χ1) is 8.66. The van der Waals surface area contributed by atoms with E-state index in [1.54, 1.807) is 6.20 Å². The van der Waals surface area contributed by atoms with Crippen LogP contribution in [0.5, 0.6) is 11.5 Å². The van der Waals surface area contributed by atoms with Crippen LogP contribution in [0.25, 0.3) is 0 Å². The van der Waals surface area contributed by atoms with Gasteiger partial charge in [0.2, 0.25) is 0 Å². The minimum absolute atomic E-state index is 0.736. The summed E-state index contributed by atoms with van der Waals surface area (Å²) in [5.41, 5.74) is 0. The number of aromatic nitrogens is 2. The van der Waals surface area contributed by atoms with Crippen LogP contribution in [-0.2, 0) is 6.54 Å². The third kappa shape index (κ3) is 3.34. The lowest BCUT2D eigenvalue weighted by Gasteiger charge is -2.10. The number of para-hydroxylation sites is 1. The van der Waals surface area contributed by atoms with Crippen molar-refractivity contribution in [2.75, 3.05) is 20.6 Å². The Morgan fingerprint density at radius 1 is 1.28 bits per heavy atom. The van der Waals surface area contributed by atoms with E-state index in [2.05, 4.69) is 25.9 Å². The highest BCUT2D eigenvalue weighted by Gasteiger charge is 2.10. The first-order valence-corrected chi connectivity index (χ1v) is 6.55. The van der Waals surface area contributed by atoms with E-state index in [4.69, 9.17) is 4.74 Å². The molecule has 4 nitrogen and oxygen atoms in total. The van der Waals surface area contributed by atoms with E-state index in [0.29, 0.717) is 0 Å². The van der Waals surface area contributed by atoms with Crippen molar-refractivity contribution >= 4 is 15.9 Å². The van der Waals surface area contributed by atoms with E-state index in [9.17, 15) is 0 Å². The minimum Gasteiger partial charge on any atom is -0.453 e. The molecule has 2 rings (SSSR count). The van der Waals surface area contributed by atoms with Crippen molar-refractivity contribution < 1.29 is 4.74 Å². The Balaban J connectivity index is 2.06. The Labute approximate surface area is 115 Å². The summed E-state index contributed by atoms with van der Waals surface area (Å²) in [5, 5.41) is 4.30. The van der Waals surface area contributed by atoms with E-state index in [1.165, 1.54) is 0 Å². The molecule has 0 amide bonds. The SMILES string of the molecule is CN(C)CCn1ncc(Oc2ccccc2)c1Br. The number of hydrogen-bond donors (Lipinski definition) is 0. The molecule has 0 aliphatic carbocycles. The maximum Gasteiger partial charge on any atom is 0.179 e. The van der Waals surface area contributed by atoms with Crippen LogP contribution in [0.3, 0.4) is 0 Å². The van der Waals surface area contributed by atoms with Crippen LogP contribution in [0.15, 0.2) is 41.1 Å². The standard InChI is InChI=1S/C13H16BrN3O/c1-16(2)8-9-17-13(14)12(10-15-17)18-11-6-4-3-5-7-11/h3-7,10H,8-9H2,1-2H3. The van der Waals surface area contributed by atoms with Crippen LogP contribution in [0.2, 0.25) is 0 Å². The summed E-state index contributed by atoms with van der Waals surface area (Å²) < 4.78 is 8.51. The van der Waals surface area contributed by atoms with Crippen molar-refractivity contribution in [3.63, 3.8) is 0 Å². The second kappa shape index (κ2) is 6.02. The molecule has 2 aromatic rings. The predicted molar refractivity (Wildman–Crippen MR) is 75.0 cm³/mol. The van der Waals surface area contributed by atoms with Gasteiger partial charge in [-0.2, -0.15) is 5.10 Å². The summed E-state index contributed by atoms with van der Waals surface area (Å²) in [7, 11) is 4.08. The fraction of sp³-hybridized carbons (Fsp3) is 0.308. The summed E-state index contributed by atoms with van der Waals surface area (Å²) in [5.74, 6) is 1.55. The smallest absolute Gasteiger partial charge is 0.179 e. The maximum atomic E-state index is 5.75. The van der Waals surface area contributed by atoms with Crippen LogP contribution in [0.4, 0.5) is 0 Å². The zero-order valence-corrected chi connectivity index (χ0v) is 12.1. The van der Waals surface area contributed by atoms with Crippen LogP contribution in [-0.4, -0.2) is 35.3 Å². The van der Waals surface area contributed by atoms with Gasteiger partial charge in [0.15, 0.2) is 5.75 Å². The largest absolute Gasteiger partial charge is 0.453 e. The minimum atomic E-state index is 0.736. The Hall–Kier alpha value is -1.33. The molecule has 0 fully saturated rings. The summed E-state index contributed by atoms with van der Waals surface area (Å²) in [6.45, 7) is 1.76. The number of hydrogen-bond acceptors (Lipinski definition) is 3. The molecule has 0 aliphatic rings. The highest BCUT2D eigenvalue weighted by molar-refractivity contribution is 9.10. The molecule has 5 heteroatoms. The average molecular weight is 310 g/mol. The first kappa shape index (κ1) is 13.1. The van der Waals surface area contributed by atoms with E-state index in [0.717, 1.165) is 29.2 Å². The Bertz CT molecular complexity index is 496. The van der Waals surface area contributed by atoms with Crippen LogP contribution in [0, 0.1) is 0 Å². The molecular weight excluding hydrogens is 294 g/mol. The number of rotatable bonds is 5. The van der Waals surface area contributed by atoms with Crippen LogP contribution >= 0.6 is 15.9 Å². The van der Waals surface area contributed by atoms with Gasteiger partial charge in [-0.25, -0.2) is 0 Å². The molecule has 0 spiro atoms. The highest BCUT2D eigenvalue weighted by Crippen LogP contribution is 2.29. The molecule has 1 heterocycles. The molecule has 0 saturated carbocycles. The number of halogens is 1. The van der Waals surface area contributed by atoms with Gasteiger partial charge in [-0.3, -0.25) is 4.68 Å². The molecule has 0 N–H and O–H groups in total. The van der Waals surface area contributed by atoms with Crippen molar-refractivity contribution in [3.05, 3.63) is 41.1 Å². The van der Waals surface area contributed by atoms with Crippen molar-refractivity contribution in [1.82, 2.24) is 14.7 Å². The third-order valence-corrected chi connectivity index (χ3v) is 3.27. The van der Waals surface area contributed by atoms with Gasteiger partial charge in [0.05, 0.1) is 12.7 Å². The first-order valence-electron chi connectivity index (χ1n) is 5.76. The lowest BCUT2D eigenvalue weighted by molar-refractivity contribution is 0.370. The lowest BCUT2D eigenvalue weighted by Crippen LogP contribution is -2.19. The third-order valence-electron chi connectivity index (χ3n) is 2.47. The zero-order valence-electron chi connectivity index (χ0n) is 10.5. The lowest BCUT2D eigenvalue weighted by atomic mass is 10.3. The van der Waals surface area contributed by atoms with Crippen LogP contribution < -0.4 is 4.74 Å². The number of likely N-dealkylation sites (N-methyl/N-ethyl adjacent to an activating group) is 1. The Morgan fingerprint density at radius 3 is 2.67 bits per heavy atom. The average Bonchev–Trinajstić information content (AvgIpc) is 2.70. The second-order valence-electron chi connectivity index (χ2n) is 4.24. The van der Waals surface area contributed by atoms with Crippen molar-refractivity contribution in [3.8, 4) is 11.5 Å². The molecule has 96 valence electrons. The number of ether oxygens (including phenoxy) is 1. The number of nitrogens with zero attached hydrogens (tertiary/aromatic N) is 3. The van der Waals surface area contributed by atoms with E-state index in [-0.39, 0.29) is 0 Å². The van der Waals surface area contributed by atoms with Crippen molar-refractivity contribution in [2.45, 2.75) is 6.54 Å². The van der Waals surface area contributed by atoms with Gasteiger partial charge in [-0.15, -0.1) is 0 Å². The van der Waals surface area contributed by atoms with E-state index in [1.807, 2.05) is 49.1 Å². The van der Waals surface area contributed by atoms with Crippen molar-refractivity contribution in [2.24, 2.45) is 0 Å². The summed E-state index contributed by atoms with van der Waals surface area (Å²) >= 11 is 3.52. The topological polar surface area (TPSA) is 30.3 Å². The molecule has 18 heavy (non-hydrogen) atoms. The van der Waals surface area contributed by atoms with Crippen LogP contribution in [0.1, 0.15) is 0 Å².